The van der Waals surface area contributed by atoms with E-state index in [0.717, 1.165) is 39.2 Å². The molecule has 1 saturated heterocycles. The number of aromatic nitrogens is 1. The van der Waals surface area contributed by atoms with Crippen molar-refractivity contribution in [2.45, 2.75) is 23.6 Å². The molecule has 6 nitrogen and oxygen atoms in total. The SMILES string of the molecule is COC(=O)C1CSc2c(-c3ccccc3)c(Cc3cccc4ccccc34)c(C3CNCCO3)c(=O)n21. The van der Waals surface area contributed by atoms with Crippen LogP contribution in [0, 0.1) is 0 Å². The van der Waals surface area contributed by atoms with E-state index in [2.05, 4.69) is 47.8 Å². The Morgan fingerprint density at radius 1 is 1.08 bits per heavy atom. The first kappa shape index (κ1) is 24.0. The van der Waals surface area contributed by atoms with Crippen LogP contribution in [0.1, 0.15) is 28.8 Å². The van der Waals surface area contributed by atoms with E-state index in [1.165, 1.54) is 12.5 Å². The fourth-order valence-corrected chi connectivity index (χ4v) is 6.84. The van der Waals surface area contributed by atoms with Gasteiger partial charge in [-0.25, -0.2) is 4.79 Å². The number of benzene rings is 3. The average Bonchev–Trinajstić information content (AvgIpc) is 3.39. The number of esters is 1. The van der Waals surface area contributed by atoms with Crippen molar-refractivity contribution in [2.24, 2.45) is 0 Å². The molecule has 2 unspecified atom stereocenters. The van der Waals surface area contributed by atoms with E-state index in [1.807, 2.05) is 30.3 Å². The van der Waals surface area contributed by atoms with Crippen molar-refractivity contribution in [3.8, 4) is 11.1 Å². The maximum Gasteiger partial charge on any atom is 0.329 e. The Morgan fingerprint density at radius 3 is 2.65 bits per heavy atom. The monoisotopic (exact) mass is 512 g/mol. The Kier molecular flexibility index (Phi) is 6.59. The number of carbonyl (C=O) groups excluding carboxylic acids is 1. The summed E-state index contributed by atoms with van der Waals surface area (Å²) in [5.74, 6) is 0.0608. The zero-order chi connectivity index (χ0) is 25.4. The molecular formula is C30H28N2O4S. The molecule has 4 aromatic rings. The molecule has 0 aliphatic carbocycles. The number of hydrogen-bond donors (Lipinski definition) is 1. The summed E-state index contributed by atoms with van der Waals surface area (Å²) < 4.78 is 12.9. The summed E-state index contributed by atoms with van der Waals surface area (Å²) >= 11 is 1.54. The van der Waals surface area contributed by atoms with Gasteiger partial charge in [-0.3, -0.25) is 9.36 Å². The molecule has 0 spiro atoms. The molecule has 2 aliphatic heterocycles. The van der Waals surface area contributed by atoms with Crippen LogP contribution in [0.5, 0.6) is 0 Å². The highest BCUT2D eigenvalue weighted by atomic mass is 32.2. The molecule has 0 bridgehead atoms. The van der Waals surface area contributed by atoms with E-state index in [4.69, 9.17) is 9.47 Å². The maximum absolute atomic E-state index is 14.3. The largest absolute Gasteiger partial charge is 0.467 e. The van der Waals surface area contributed by atoms with Gasteiger partial charge in [-0.1, -0.05) is 72.8 Å². The fourth-order valence-electron chi connectivity index (χ4n) is 5.51. The van der Waals surface area contributed by atoms with Crippen LogP contribution in [0.4, 0.5) is 0 Å². The Hall–Kier alpha value is -3.39. The minimum atomic E-state index is -0.665. The van der Waals surface area contributed by atoms with Crippen LogP contribution < -0.4 is 10.9 Å². The van der Waals surface area contributed by atoms with Gasteiger partial charge in [0.05, 0.1) is 24.3 Å². The van der Waals surface area contributed by atoms with Crippen LogP contribution in [0.2, 0.25) is 0 Å². The molecule has 2 aliphatic rings. The quantitative estimate of drug-likeness (QED) is 0.390. The highest BCUT2D eigenvalue weighted by Gasteiger charge is 2.38. The molecule has 188 valence electrons. The summed E-state index contributed by atoms with van der Waals surface area (Å²) in [6.45, 7) is 1.81. The zero-order valence-corrected chi connectivity index (χ0v) is 21.4. The van der Waals surface area contributed by atoms with Crippen LogP contribution in [-0.2, 0) is 20.7 Å². The number of hydrogen-bond acceptors (Lipinski definition) is 6. The minimum Gasteiger partial charge on any atom is -0.467 e. The van der Waals surface area contributed by atoms with Crippen LogP contribution in [-0.4, -0.2) is 43.1 Å². The predicted octanol–water partition coefficient (Wildman–Crippen LogP) is 4.74. The van der Waals surface area contributed by atoms with Crippen LogP contribution in [0.3, 0.4) is 0 Å². The molecule has 6 rings (SSSR count). The number of methoxy groups -OCH3 is 1. The van der Waals surface area contributed by atoms with Gasteiger partial charge in [-0.15, -0.1) is 11.8 Å². The third-order valence-corrected chi connectivity index (χ3v) is 8.39. The van der Waals surface area contributed by atoms with E-state index in [-0.39, 0.29) is 5.56 Å². The minimum absolute atomic E-state index is 0.168. The van der Waals surface area contributed by atoms with Crippen molar-refractivity contribution in [1.29, 1.82) is 0 Å². The second kappa shape index (κ2) is 10.2. The van der Waals surface area contributed by atoms with Gasteiger partial charge >= 0.3 is 5.97 Å². The Labute approximate surface area is 219 Å². The van der Waals surface area contributed by atoms with E-state index >= 15 is 0 Å². The lowest BCUT2D eigenvalue weighted by Crippen LogP contribution is -2.40. The van der Waals surface area contributed by atoms with Crippen molar-refractivity contribution in [1.82, 2.24) is 9.88 Å². The second-order valence-corrected chi connectivity index (χ2v) is 10.4. The normalized spacial score (nSPS) is 19.1. The smallest absolute Gasteiger partial charge is 0.329 e. The molecule has 0 saturated carbocycles. The lowest BCUT2D eigenvalue weighted by atomic mass is 9.88. The molecule has 2 atom stereocenters. The highest BCUT2D eigenvalue weighted by Crippen LogP contribution is 2.44. The topological polar surface area (TPSA) is 69.6 Å². The Bertz CT molecular complexity index is 1520. The Balaban J connectivity index is 1.66. The van der Waals surface area contributed by atoms with Gasteiger partial charge in [-0.05, 0) is 33.9 Å². The van der Waals surface area contributed by atoms with Gasteiger partial charge in [0.25, 0.3) is 5.56 Å². The molecule has 1 aromatic heterocycles. The number of rotatable bonds is 5. The number of carbonyl (C=O) groups is 1. The molecule has 37 heavy (non-hydrogen) atoms. The first-order valence-electron chi connectivity index (χ1n) is 12.5. The molecule has 3 aromatic carbocycles. The number of pyridine rings is 1. The standard InChI is InChI=1S/C30H28N2O4S/c1-35-30(34)24-18-37-29-26(20-9-3-2-4-10-20)23(16-21-12-7-11-19-8-5-6-13-22(19)21)27(28(33)32(24)29)25-17-31-14-15-36-25/h2-13,24-25,31H,14-18H2,1H3. The van der Waals surface area contributed by atoms with Crippen LogP contribution in [0.15, 0.2) is 82.6 Å². The van der Waals surface area contributed by atoms with E-state index < -0.39 is 18.1 Å². The summed E-state index contributed by atoms with van der Waals surface area (Å²) in [5.41, 5.74) is 4.58. The predicted molar refractivity (Wildman–Crippen MR) is 146 cm³/mol. The molecular weight excluding hydrogens is 484 g/mol. The number of nitrogens with one attached hydrogen (secondary N) is 1. The average molecular weight is 513 g/mol. The number of ether oxygens (including phenoxy) is 2. The number of morpholine rings is 1. The van der Waals surface area contributed by atoms with Crippen molar-refractivity contribution >= 4 is 28.5 Å². The number of fused-ring (bicyclic) bond motifs is 2. The molecule has 0 radical (unpaired) electrons. The van der Waals surface area contributed by atoms with Gasteiger partial charge in [0, 0.05) is 24.4 Å². The fraction of sp³-hybridized carbons (Fsp3) is 0.267. The van der Waals surface area contributed by atoms with Crippen molar-refractivity contribution < 1.29 is 14.3 Å². The molecule has 0 amide bonds. The van der Waals surface area contributed by atoms with Gasteiger partial charge in [-0.2, -0.15) is 0 Å². The second-order valence-electron chi connectivity index (χ2n) is 9.34. The van der Waals surface area contributed by atoms with Gasteiger partial charge in [0.1, 0.15) is 12.1 Å². The lowest BCUT2D eigenvalue weighted by molar-refractivity contribution is -0.143. The highest BCUT2D eigenvalue weighted by molar-refractivity contribution is 7.99. The summed E-state index contributed by atoms with van der Waals surface area (Å²) in [6.07, 6.45) is 0.170. The van der Waals surface area contributed by atoms with E-state index in [1.54, 1.807) is 16.3 Å². The summed E-state index contributed by atoms with van der Waals surface area (Å²) in [4.78, 5) is 27.0. The van der Waals surface area contributed by atoms with Crippen molar-refractivity contribution in [2.75, 3.05) is 32.6 Å². The lowest BCUT2D eigenvalue weighted by Gasteiger charge is -2.28. The molecule has 7 heteroatoms. The van der Waals surface area contributed by atoms with Gasteiger partial charge < -0.3 is 14.8 Å². The number of thioether (sulfide) groups is 1. The van der Waals surface area contributed by atoms with Crippen LogP contribution in [0.25, 0.3) is 21.9 Å². The molecule has 1 N–H and O–H groups in total. The van der Waals surface area contributed by atoms with E-state index in [0.29, 0.717) is 30.9 Å². The molecule has 3 heterocycles. The number of nitrogens with zero attached hydrogens (tertiary/aromatic N) is 1. The zero-order valence-electron chi connectivity index (χ0n) is 20.6. The van der Waals surface area contributed by atoms with Crippen molar-refractivity contribution in [3.05, 3.63) is 99.8 Å². The van der Waals surface area contributed by atoms with E-state index in [9.17, 15) is 9.59 Å². The third kappa shape index (κ3) is 4.27. The van der Waals surface area contributed by atoms with Crippen LogP contribution >= 0.6 is 11.8 Å². The summed E-state index contributed by atoms with van der Waals surface area (Å²) in [7, 11) is 1.37. The summed E-state index contributed by atoms with van der Waals surface area (Å²) in [5, 5.41) is 6.53. The Morgan fingerprint density at radius 2 is 1.86 bits per heavy atom. The summed E-state index contributed by atoms with van der Waals surface area (Å²) in [6, 6.07) is 24.1. The van der Waals surface area contributed by atoms with Crippen molar-refractivity contribution in [3.63, 3.8) is 0 Å². The van der Waals surface area contributed by atoms with Gasteiger partial charge in [0.2, 0.25) is 0 Å². The maximum atomic E-state index is 14.3. The first-order chi connectivity index (χ1) is 18.2. The molecule has 1 fully saturated rings. The third-order valence-electron chi connectivity index (χ3n) is 7.23. The first-order valence-corrected chi connectivity index (χ1v) is 13.5. The van der Waals surface area contributed by atoms with Gasteiger partial charge in [0.15, 0.2) is 0 Å².